The number of rotatable bonds is 6. The number of amides is 1. The molecule has 0 unspecified atom stereocenters. The van der Waals surface area contributed by atoms with Gasteiger partial charge in [0.15, 0.2) is 0 Å². The largest absolute Gasteiger partial charge is 0.492 e. The van der Waals surface area contributed by atoms with Gasteiger partial charge < -0.3 is 15.2 Å². The Morgan fingerprint density at radius 2 is 1.78 bits per heavy atom. The molecule has 5 nitrogen and oxygen atoms in total. The van der Waals surface area contributed by atoms with Crippen LogP contribution >= 0.6 is 11.6 Å². The SMILES string of the molecule is CCCOc1ccc(C(=O)Nc2ccc(C(=O)O)cc2)cc1Cl. The number of carbonyl (C=O) groups is 2. The van der Waals surface area contributed by atoms with E-state index in [1.54, 1.807) is 12.1 Å². The number of carboxylic acids is 1. The summed E-state index contributed by atoms with van der Waals surface area (Å²) >= 11 is 6.10. The van der Waals surface area contributed by atoms with Crippen LogP contribution in [-0.2, 0) is 0 Å². The molecule has 1 amide bonds. The standard InChI is InChI=1S/C17H16ClNO4/c1-2-9-23-15-8-5-12(10-14(15)18)16(20)19-13-6-3-11(4-7-13)17(21)22/h3-8,10H,2,9H2,1H3,(H,19,20)(H,21,22). The highest BCUT2D eigenvalue weighted by atomic mass is 35.5. The van der Waals surface area contributed by atoms with Gasteiger partial charge in [0.25, 0.3) is 5.91 Å². The van der Waals surface area contributed by atoms with Crippen molar-refractivity contribution in [1.29, 1.82) is 0 Å². The first-order valence-electron chi connectivity index (χ1n) is 7.08. The number of halogens is 1. The van der Waals surface area contributed by atoms with Gasteiger partial charge in [-0.15, -0.1) is 0 Å². The molecule has 23 heavy (non-hydrogen) atoms. The number of anilines is 1. The molecule has 0 atom stereocenters. The van der Waals surface area contributed by atoms with E-state index >= 15 is 0 Å². The monoisotopic (exact) mass is 333 g/mol. The van der Waals surface area contributed by atoms with Crippen LogP contribution in [0.15, 0.2) is 42.5 Å². The predicted molar refractivity (Wildman–Crippen MR) is 88.6 cm³/mol. The molecule has 2 aromatic rings. The van der Waals surface area contributed by atoms with Crippen molar-refractivity contribution in [3.05, 3.63) is 58.6 Å². The van der Waals surface area contributed by atoms with Crippen LogP contribution in [0.3, 0.4) is 0 Å². The summed E-state index contributed by atoms with van der Waals surface area (Å²) in [5.74, 6) is -0.815. The van der Waals surface area contributed by atoms with E-state index in [1.165, 1.54) is 30.3 Å². The summed E-state index contributed by atoms with van der Waals surface area (Å²) in [6, 6.07) is 10.7. The van der Waals surface area contributed by atoms with E-state index in [4.69, 9.17) is 21.4 Å². The first-order chi connectivity index (χ1) is 11.0. The van der Waals surface area contributed by atoms with Crippen LogP contribution in [0.2, 0.25) is 5.02 Å². The number of carbonyl (C=O) groups excluding carboxylic acids is 1. The number of ether oxygens (including phenoxy) is 1. The highest BCUT2D eigenvalue weighted by Gasteiger charge is 2.10. The van der Waals surface area contributed by atoms with Gasteiger partial charge in [-0.25, -0.2) is 4.79 Å². The summed E-state index contributed by atoms with van der Waals surface area (Å²) in [5, 5.41) is 11.9. The Hall–Kier alpha value is -2.53. The van der Waals surface area contributed by atoms with E-state index in [1.807, 2.05) is 6.92 Å². The summed E-state index contributed by atoms with van der Waals surface area (Å²) in [5.41, 5.74) is 1.05. The Bertz CT molecular complexity index is 713. The second-order valence-electron chi connectivity index (χ2n) is 4.83. The third-order valence-electron chi connectivity index (χ3n) is 3.05. The second kappa shape index (κ2) is 7.65. The molecule has 0 radical (unpaired) electrons. The van der Waals surface area contributed by atoms with Crippen LogP contribution in [0, 0.1) is 0 Å². The second-order valence-corrected chi connectivity index (χ2v) is 5.24. The van der Waals surface area contributed by atoms with Gasteiger partial charge in [-0.05, 0) is 48.9 Å². The maximum absolute atomic E-state index is 12.2. The van der Waals surface area contributed by atoms with Gasteiger partial charge in [0.2, 0.25) is 0 Å². The van der Waals surface area contributed by atoms with Crippen molar-refractivity contribution < 1.29 is 19.4 Å². The Balaban J connectivity index is 2.08. The fraction of sp³-hybridized carbons (Fsp3) is 0.176. The molecule has 0 saturated carbocycles. The van der Waals surface area contributed by atoms with E-state index in [-0.39, 0.29) is 11.5 Å². The molecule has 0 aliphatic heterocycles. The molecule has 2 rings (SSSR count). The van der Waals surface area contributed by atoms with Crippen molar-refractivity contribution in [3.63, 3.8) is 0 Å². The molecule has 0 spiro atoms. The normalized spacial score (nSPS) is 10.2. The van der Waals surface area contributed by atoms with Crippen molar-refractivity contribution >= 4 is 29.2 Å². The van der Waals surface area contributed by atoms with Crippen molar-refractivity contribution in [2.45, 2.75) is 13.3 Å². The molecule has 6 heteroatoms. The van der Waals surface area contributed by atoms with E-state index < -0.39 is 5.97 Å². The predicted octanol–water partition coefficient (Wildman–Crippen LogP) is 4.08. The first-order valence-corrected chi connectivity index (χ1v) is 7.46. The summed E-state index contributed by atoms with van der Waals surface area (Å²) in [6.07, 6.45) is 0.866. The van der Waals surface area contributed by atoms with E-state index in [0.29, 0.717) is 28.6 Å². The highest BCUT2D eigenvalue weighted by Crippen LogP contribution is 2.26. The number of hydrogen-bond acceptors (Lipinski definition) is 3. The van der Waals surface area contributed by atoms with Crippen LogP contribution in [0.4, 0.5) is 5.69 Å². The van der Waals surface area contributed by atoms with Gasteiger partial charge in [-0.2, -0.15) is 0 Å². The maximum Gasteiger partial charge on any atom is 0.335 e. The van der Waals surface area contributed by atoms with E-state index in [9.17, 15) is 9.59 Å². The number of benzene rings is 2. The van der Waals surface area contributed by atoms with Crippen molar-refractivity contribution in [1.82, 2.24) is 0 Å². The van der Waals surface area contributed by atoms with Crippen LogP contribution in [0.1, 0.15) is 34.1 Å². The summed E-state index contributed by atoms with van der Waals surface area (Å²) < 4.78 is 5.46. The molecule has 0 aromatic heterocycles. The molecule has 0 aliphatic carbocycles. The molecule has 0 bridgehead atoms. The summed E-state index contributed by atoms with van der Waals surface area (Å²) in [6.45, 7) is 2.55. The average molecular weight is 334 g/mol. The minimum atomic E-state index is -1.02. The van der Waals surface area contributed by atoms with Gasteiger partial charge in [-0.1, -0.05) is 18.5 Å². The maximum atomic E-state index is 12.2. The highest BCUT2D eigenvalue weighted by molar-refractivity contribution is 6.32. The van der Waals surface area contributed by atoms with Crippen molar-refractivity contribution in [2.24, 2.45) is 0 Å². The minimum absolute atomic E-state index is 0.156. The summed E-state index contributed by atoms with van der Waals surface area (Å²) in [7, 11) is 0. The smallest absolute Gasteiger partial charge is 0.335 e. The molecular weight excluding hydrogens is 318 g/mol. The van der Waals surface area contributed by atoms with E-state index in [0.717, 1.165) is 6.42 Å². The molecule has 0 heterocycles. The molecule has 0 fully saturated rings. The fourth-order valence-electron chi connectivity index (χ4n) is 1.87. The topological polar surface area (TPSA) is 75.6 Å². The Kier molecular flexibility index (Phi) is 5.60. The van der Waals surface area contributed by atoms with Crippen molar-refractivity contribution in [2.75, 3.05) is 11.9 Å². The average Bonchev–Trinajstić information content (AvgIpc) is 2.54. The first kappa shape index (κ1) is 16.8. The van der Waals surface area contributed by atoms with Gasteiger partial charge in [0, 0.05) is 11.3 Å². The molecule has 120 valence electrons. The Morgan fingerprint density at radius 3 is 2.35 bits per heavy atom. The van der Waals surface area contributed by atoms with E-state index in [2.05, 4.69) is 5.32 Å². The van der Waals surface area contributed by atoms with Crippen molar-refractivity contribution in [3.8, 4) is 5.75 Å². The minimum Gasteiger partial charge on any atom is -0.492 e. The van der Waals surface area contributed by atoms with Crippen LogP contribution in [0.25, 0.3) is 0 Å². The molecule has 0 aliphatic rings. The van der Waals surface area contributed by atoms with Gasteiger partial charge >= 0.3 is 5.97 Å². The Morgan fingerprint density at radius 1 is 1.13 bits per heavy atom. The lowest BCUT2D eigenvalue weighted by atomic mass is 10.1. The zero-order valence-corrected chi connectivity index (χ0v) is 13.3. The molecule has 2 N–H and O–H groups in total. The zero-order chi connectivity index (χ0) is 16.8. The van der Waals surface area contributed by atoms with Gasteiger partial charge in [0.1, 0.15) is 5.75 Å². The number of carboxylic acid groups (broad SMARTS) is 1. The van der Waals surface area contributed by atoms with Gasteiger partial charge in [-0.3, -0.25) is 4.79 Å². The molecular formula is C17H16ClNO4. The van der Waals surface area contributed by atoms with Gasteiger partial charge in [0.05, 0.1) is 17.2 Å². The number of aromatic carboxylic acids is 1. The van der Waals surface area contributed by atoms with Crippen LogP contribution < -0.4 is 10.1 Å². The quantitative estimate of drug-likeness (QED) is 0.835. The third kappa shape index (κ3) is 4.47. The number of nitrogens with one attached hydrogen (secondary N) is 1. The molecule has 2 aromatic carbocycles. The molecule has 0 saturated heterocycles. The van der Waals surface area contributed by atoms with Crippen LogP contribution in [0.5, 0.6) is 5.75 Å². The lowest BCUT2D eigenvalue weighted by Gasteiger charge is -2.09. The lowest BCUT2D eigenvalue weighted by molar-refractivity contribution is 0.0696. The number of hydrogen-bond donors (Lipinski definition) is 2. The lowest BCUT2D eigenvalue weighted by Crippen LogP contribution is -2.12. The third-order valence-corrected chi connectivity index (χ3v) is 3.34. The van der Waals surface area contributed by atoms with Crippen LogP contribution in [-0.4, -0.2) is 23.6 Å². The summed E-state index contributed by atoms with van der Waals surface area (Å²) in [4.78, 5) is 23.0. The Labute approximate surface area is 138 Å². The fourth-order valence-corrected chi connectivity index (χ4v) is 2.11. The zero-order valence-electron chi connectivity index (χ0n) is 12.5.